The first kappa shape index (κ1) is 12.4. The number of nitrogens with two attached hydrogens (primary N) is 1. The topological polar surface area (TPSA) is 29.3 Å². The molecule has 0 radical (unpaired) electrons. The lowest BCUT2D eigenvalue weighted by molar-refractivity contribution is 0.422. The van der Waals surface area contributed by atoms with Crippen LogP contribution in [-0.4, -0.2) is 19.6 Å². The molecule has 2 heteroatoms. The van der Waals surface area contributed by atoms with E-state index in [1.54, 1.807) is 0 Å². The molecule has 1 fully saturated rings. The maximum atomic E-state index is 6.00. The van der Waals surface area contributed by atoms with E-state index in [4.69, 9.17) is 5.73 Å². The average molecular weight is 232 g/mol. The molecule has 94 valence electrons. The molecule has 0 aliphatic heterocycles. The third kappa shape index (κ3) is 2.63. The third-order valence-corrected chi connectivity index (χ3v) is 4.18. The summed E-state index contributed by atoms with van der Waals surface area (Å²) in [5.41, 5.74) is 8.67. The van der Waals surface area contributed by atoms with Crippen LogP contribution < -0.4 is 10.6 Å². The Labute approximate surface area is 105 Å². The summed E-state index contributed by atoms with van der Waals surface area (Å²) in [6, 6.07) is 9.08. The first-order valence-electron chi connectivity index (χ1n) is 6.72. The standard InChI is InChI=1S/C15H24N2/c1-12-7-3-6-10-14(12)17(2)15(11-16)13-8-4-5-9-13/h3,6-7,10,13,15H,4-5,8-9,11,16H2,1-2H3. The Hall–Kier alpha value is -1.02. The Bertz CT molecular complexity index is 356. The fourth-order valence-corrected chi connectivity index (χ4v) is 3.15. The van der Waals surface area contributed by atoms with E-state index in [0.717, 1.165) is 12.5 Å². The van der Waals surface area contributed by atoms with Gasteiger partial charge in [0.1, 0.15) is 0 Å². The van der Waals surface area contributed by atoms with Gasteiger partial charge < -0.3 is 10.6 Å². The quantitative estimate of drug-likeness (QED) is 0.865. The number of aryl methyl sites for hydroxylation is 1. The monoisotopic (exact) mass is 232 g/mol. The van der Waals surface area contributed by atoms with Crippen LogP contribution in [0.2, 0.25) is 0 Å². The zero-order chi connectivity index (χ0) is 12.3. The number of benzene rings is 1. The van der Waals surface area contributed by atoms with Gasteiger partial charge in [-0.2, -0.15) is 0 Å². The number of hydrogen-bond donors (Lipinski definition) is 1. The van der Waals surface area contributed by atoms with Gasteiger partial charge in [-0.05, 0) is 37.3 Å². The summed E-state index contributed by atoms with van der Waals surface area (Å²) < 4.78 is 0. The van der Waals surface area contributed by atoms with Crippen LogP contribution in [-0.2, 0) is 0 Å². The molecule has 17 heavy (non-hydrogen) atoms. The number of para-hydroxylation sites is 1. The van der Waals surface area contributed by atoms with Crippen LogP contribution in [0.15, 0.2) is 24.3 Å². The number of nitrogens with zero attached hydrogens (tertiary/aromatic N) is 1. The molecule has 1 aliphatic carbocycles. The molecule has 2 nitrogen and oxygen atoms in total. The number of rotatable bonds is 4. The highest BCUT2D eigenvalue weighted by atomic mass is 15.1. The highest BCUT2D eigenvalue weighted by molar-refractivity contribution is 5.53. The summed E-state index contributed by atoms with van der Waals surface area (Å²) in [4.78, 5) is 2.39. The van der Waals surface area contributed by atoms with Crippen molar-refractivity contribution in [1.29, 1.82) is 0 Å². The number of hydrogen-bond acceptors (Lipinski definition) is 2. The van der Waals surface area contributed by atoms with Gasteiger partial charge in [-0.3, -0.25) is 0 Å². The summed E-state index contributed by atoms with van der Waals surface area (Å²) in [6.45, 7) is 2.93. The summed E-state index contributed by atoms with van der Waals surface area (Å²) in [7, 11) is 2.19. The molecule has 2 rings (SSSR count). The summed E-state index contributed by atoms with van der Waals surface area (Å²) >= 11 is 0. The van der Waals surface area contributed by atoms with Crippen LogP contribution in [0.3, 0.4) is 0 Å². The predicted molar refractivity (Wildman–Crippen MR) is 74.4 cm³/mol. The molecular weight excluding hydrogens is 208 g/mol. The largest absolute Gasteiger partial charge is 0.370 e. The number of anilines is 1. The Morgan fingerprint density at radius 3 is 2.53 bits per heavy atom. The second-order valence-electron chi connectivity index (χ2n) is 5.24. The molecule has 0 heterocycles. The van der Waals surface area contributed by atoms with Crippen molar-refractivity contribution >= 4 is 5.69 Å². The molecule has 0 amide bonds. The maximum absolute atomic E-state index is 6.00. The second kappa shape index (κ2) is 5.54. The maximum Gasteiger partial charge on any atom is 0.0437 e. The first-order chi connectivity index (χ1) is 8.24. The van der Waals surface area contributed by atoms with Gasteiger partial charge in [0.2, 0.25) is 0 Å². The Morgan fingerprint density at radius 1 is 1.29 bits per heavy atom. The van der Waals surface area contributed by atoms with Gasteiger partial charge in [0.25, 0.3) is 0 Å². The lowest BCUT2D eigenvalue weighted by atomic mass is 9.96. The van der Waals surface area contributed by atoms with Crippen molar-refractivity contribution in [2.45, 2.75) is 38.6 Å². The van der Waals surface area contributed by atoms with Crippen LogP contribution in [0.5, 0.6) is 0 Å². The van der Waals surface area contributed by atoms with E-state index in [1.165, 1.54) is 36.9 Å². The first-order valence-corrected chi connectivity index (χ1v) is 6.72. The minimum Gasteiger partial charge on any atom is -0.370 e. The van der Waals surface area contributed by atoms with Gasteiger partial charge >= 0.3 is 0 Å². The molecule has 0 aromatic heterocycles. The molecule has 1 atom stereocenters. The minimum absolute atomic E-state index is 0.499. The fourth-order valence-electron chi connectivity index (χ4n) is 3.15. The van der Waals surface area contributed by atoms with Crippen LogP contribution in [0.4, 0.5) is 5.69 Å². The molecular formula is C15H24N2. The molecule has 0 saturated heterocycles. The van der Waals surface area contributed by atoms with Gasteiger partial charge in [0, 0.05) is 25.3 Å². The predicted octanol–water partition coefficient (Wildman–Crippen LogP) is 2.95. The average Bonchev–Trinajstić information content (AvgIpc) is 2.84. The normalized spacial score (nSPS) is 18.3. The van der Waals surface area contributed by atoms with Crippen molar-refractivity contribution in [3.63, 3.8) is 0 Å². The second-order valence-corrected chi connectivity index (χ2v) is 5.24. The smallest absolute Gasteiger partial charge is 0.0437 e. The third-order valence-electron chi connectivity index (χ3n) is 4.18. The van der Waals surface area contributed by atoms with Crippen molar-refractivity contribution in [2.24, 2.45) is 11.7 Å². The zero-order valence-corrected chi connectivity index (χ0v) is 11.0. The molecule has 0 bridgehead atoms. The molecule has 2 N–H and O–H groups in total. The van der Waals surface area contributed by atoms with E-state index in [9.17, 15) is 0 Å². The lowest BCUT2D eigenvalue weighted by Gasteiger charge is -2.34. The highest BCUT2D eigenvalue weighted by Crippen LogP contribution is 2.32. The number of likely N-dealkylation sites (N-methyl/N-ethyl adjacent to an activating group) is 1. The summed E-state index contributed by atoms with van der Waals surface area (Å²) in [5, 5.41) is 0. The van der Waals surface area contributed by atoms with Crippen LogP contribution in [0.25, 0.3) is 0 Å². The van der Waals surface area contributed by atoms with Gasteiger partial charge in [-0.15, -0.1) is 0 Å². The van der Waals surface area contributed by atoms with Crippen molar-refractivity contribution in [1.82, 2.24) is 0 Å². The van der Waals surface area contributed by atoms with Gasteiger partial charge in [0.15, 0.2) is 0 Å². The van der Waals surface area contributed by atoms with E-state index in [2.05, 4.69) is 43.1 Å². The summed E-state index contributed by atoms with van der Waals surface area (Å²) in [6.07, 6.45) is 5.45. The SMILES string of the molecule is Cc1ccccc1N(C)C(CN)C1CCCC1. The Balaban J connectivity index is 2.16. The van der Waals surface area contributed by atoms with Crippen LogP contribution >= 0.6 is 0 Å². The van der Waals surface area contributed by atoms with Crippen LogP contribution in [0, 0.1) is 12.8 Å². The van der Waals surface area contributed by atoms with Crippen molar-refractivity contribution in [3.8, 4) is 0 Å². The molecule has 1 aliphatic rings. The molecule has 1 aromatic carbocycles. The molecule has 1 aromatic rings. The minimum atomic E-state index is 0.499. The molecule has 1 saturated carbocycles. The Kier molecular flexibility index (Phi) is 4.06. The van der Waals surface area contributed by atoms with Gasteiger partial charge in [-0.25, -0.2) is 0 Å². The van der Waals surface area contributed by atoms with E-state index < -0.39 is 0 Å². The fraction of sp³-hybridized carbons (Fsp3) is 0.600. The van der Waals surface area contributed by atoms with E-state index >= 15 is 0 Å². The molecule has 1 unspecified atom stereocenters. The van der Waals surface area contributed by atoms with Crippen molar-refractivity contribution in [2.75, 3.05) is 18.5 Å². The van der Waals surface area contributed by atoms with Crippen molar-refractivity contribution in [3.05, 3.63) is 29.8 Å². The van der Waals surface area contributed by atoms with E-state index in [-0.39, 0.29) is 0 Å². The lowest BCUT2D eigenvalue weighted by Crippen LogP contribution is -2.43. The van der Waals surface area contributed by atoms with Gasteiger partial charge in [-0.1, -0.05) is 31.0 Å². The van der Waals surface area contributed by atoms with E-state index in [1.807, 2.05) is 0 Å². The summed E-state index contributed by atoms with van der Waals surface area (Å²) in [5.74, 6) is 0.782. The van der Waals surface area contributed by atoms with Crippen molar-refractivity contribution < 1.29 is 0 Å². The molecule has 0 spiro atoms. The van der Waals surface area contributed by atoms with Gasteiger partial charge in [0.05, 0.1) is 0 Å². The Morgan fingerprint density at radius 2 is 1.94 bits per heavy atom. The van der Waals surface area contributed by atoms with Crippen LogP contribution in [0.1, 0.15) is 31.2 Å². The zero-order valence-electron chi connectivity index (χ0n) is 11.0. The highest BCUT2D eigenvalue weighted by Gasteiger charge is 2.27. The van der Waals surface area contributed by atoms with E-state index in [0.29, 0.717) is 6.04 Å².